The molecule has 2 aromatic rings. The number of fused-ring (bicyclic) bond motifs is 1. The van der Waals surface area contributed by atoms with E-state index in [9.17, 15) is 9.90 Å². The fourth-order valence-corrected chi connectivity index (χ4v) is 3.38. The van der Waals surface area contributed by atoms with Gasteiger partial charge in [0.15, 0.2) is 5.58 Å². The minimum absolute atomic E-state index is 0.0597. The van der Waals surface area contributed by atoms with Crippen molar-refractivity contribution >= 4 is 51.0 Å². The van der Waals surface area contributed by atoms with Crippen LogP contribution in [-0.4, -0.2) is 24.3 Å². The van der Waals surface area contributed by atoms with Gasteiger partial charge in [-0.1, -0.05) is 17.7 Å². The van der Waals surface area contributed by atoms with Gasteiger partial charge < -0.3 is 14.4 Å². The predicted octanol–water partition coefficient (Wildman–Crippen LogP) is 3.01. The lowest BCUT2D eigenvalue weighted by molar-refractivity contribution is 0.144. The molecule has 0 atom stereocenters. The molecule has 1 saturated heterocycles. The van der Waals surface area contributed by atoms with Gasteiger partial charge in [0.1, 0.15) is 3.57 Å². The van der Waals surface area contributed by atoms with E-state index in [2.05, 4.69) is 0 Å². The Balaban J connectivity index is 2.14. The predicted molar refractivity (Wildman–Crippen MR) is 87.7 cm³/mol. The number of hydrogen-bond acceptors (Lipinski definition) is 4. The molecule has 1 fully saturated rings. The van der Waals surface area contributed by atoms with E-state index in [1.54, 1.807) is 18.2 Å². The summed E-state index contributed by atoms with van der Waals surface area (Å²) >= 11 is 8.14. The van der Waals surface area contributed by atoms with Gasteiger partial charge in [-0.3, -0.25) is 4.79 Å². The molecule has 1 N–H and O–H groups in total. The Morgan fingerprint density at radius 2 is 2.05 bits per heavy atom. The summed E-state index contributed by atoms with van der Waals surface area (Å²) in [6, 6.07) is 5.18. The molecule has 1 aromatic heterocycles. The molecule has 0 unspecified atom stereocenters. The summed E-state index contributed by atoms with van der Waals surface area (Å²) < 4.78 is 6.45. The van der Waals surface area contributed by atoms with Crippen LogP contribution < -0.4 is 10.3 Å². The van der Waals surface area contributed by atoms with E-state index in [0.29, 0.717) is 51.4 Å². The Labute approximate surface area is 134 Å². The van der Waals surface area contributed by atoms with Crippen molar-refractivity contribution in [3.63, 3.8) is 0 Å². The highest BCUT2D eigenvalue weighted by atomic mass is 127. The maximum atomic E-state index is 12.4. The molecule has 1 aliphatic rings. The number of rotatable bonds is 1. The van der Waals surface area contributed by atoms with Crippen LogP contribution in [0.4, 0.5) is 5.88 Å². The van der Waals surface area contributed by atoms with Gasteiger partial charge in [-0.25, -0.2) is 0 Å². The monoisotopic (exact) mass is 405 g/mol. The summed E-state index contributed by atoms with van der Waals surface area (Å²) in [5.41, 5.74) is 0.371. The first-order valence-electron chi connectivity index (χ1n) is 6.42. The van der Waals surface area contributed by atoms with Crippen molar-refractivity contribution in [2.24, 2.45) is 0 Å². The summed E-state index contributed by atoms with van der Waals surface area (Å²) in [7, 11) is 0. The quantitative estimate of drug-likeness (QED) is 0.741. The Morgan fingerprint density at radius 1 is 1.35 bits per heavy atom. The highest BCUT2D eigenvalue weighted by Gasteiger charge is 2.23. The van der Waals surface area contributed by atoms with Crippen LogP contribution in [0.1, 0.15) is 12.8 Å². The molecule has 6 heteroatoms. The second-order valence-electron chi connectivity index (χ2n) is 4.89. The van der Waals surface area contributed by atoms with Gasteiger partial charge in [-0.05, 0) is 47.6 Å². The summed E-state index contributed by atoms with van der Waals surface area (Å²) in [4.78, 5) is 14.4. The number of hydrogen-bond donors (Lipinski definition) is 1. The highest BCUT2D eigenvalue weighted by Crippen LogP contribution is 2.30. The topological polar surface area (TPSA) is 53.7 Å². The van der Waals surface area contributed by atoms with Crippen molar-refractivity contribution < 1.29 is 9.52 Å². The fourth-order valence-electron chi connectivity index (χ4n) is 2.42. The Hall–Kier alpha value is -0.790. The second kappa shape index (κ2) is 5.54. The van der Waals surface area contributed by atoms with Crippen LogP contribution in [0.2, 0.25) is 5.02 Å². The van der Waals surface area contributed by atoms with Gasteiger partial charge in [-0.15, -0.1) is 0 Å². The van der Waals surface area contributed by atoms with Crippen LogP contribution in [0.15, 0.2) is 27.4 Å². The highest BCUT2D eigenvalue weighted by molar-refractivity contribution is 14.1. The van der Waals surface area contributed by atoms with Crippen LogP contribution >= 0.6 is 34.2 Å². The van der Waals surface area contributed by atoms with Crippen molar-refractivity contribution in [2.75, 3.05) is 18.0 Å². The molecule has 0 radical (unpaired) electrons. The SMILES string of the molecule is O=c1c(I)c(N2CCC(O)CC2)oc2c(Cl)cccc12. The lowest BCUT2D eigenvalue weighted by atomic mass is 10.1. The van der Waals surface area contributed by atoms with Crippen molar-refractivity contribution in [3.8, 4) is 0 Å². The molecule has 0 aliphatic carbocycles. The number of piperidine rings is 1. The van der Waals surface area contributed by atoms with E-state index < -0.39 is 0 Å². The van der Waals surface area contributed by atoms with Gasteiger partial charge in [-0.2, -0.15) is 0 Å². The van der Waals surface area contributed by atoms with Crippen LogP contribution in [0, 0.1) is 3.57 Å². The molecule has 0 bridgehead atoms. The van der Waals surface area contributed by atoms with Crippen LogP contribution in [0.25, 0.3) is 11.0 Å². The van der Waals surface area contributed by atoms with Gasteiger partial charge in [0.2, 0.25) is 11.3 Å². The van der Waals surface area contributed by atoms with Crippen molar-refractivity contribution in [1.29, 1.82) is 0 Å². The zero-order valence-corrected chi connectivity index (χ0v) is 13.5. The average Bonchev–Trinajstić information content (AvgIpc) is 2.45. The number of aliphatic hydroxyl groups is 1. The average molecular weight is 406 g/mol. The normalized spacial score (nSPS) is 16.9. The minimum Gasteiger partial charge on any atom is -0.438 e. The first kappa shape index (κ1) is 14.2. The van der Waals surface area contributed by atoms with Crippen LogP contribution in [-0.2, 0) is 0 Å². The molecule has 0 saturated carbocycles. The molecule has 1 aliphatic heterocycles. The number of halogens is 2. The molecular weight excluding hydrogens is 393 g/mol. The summed E-state index contributed by atoms with van der Waals surface area (Å²) in [5.74, 6) is 0.558. The van der Waals surface area contributed by atoms with E-state index in [0.717, 1.165) is 0 Å². The third-order valence-electron chi connectivity index (χ3n) is 3.55. The standard InChI is InChI=1S/C14H13ClINO3/c15-10-3-1-2-9-12(19)11(16)14(20-13(9)10)17-6-4-8(18)5-7-17/h1-3,8,18H,4-7H2. The summed E-state index contributed by atoms with van der Waals surface area (Å²) in [6.07, 6.45) is 1.10. The van der Waals surface area contributed by atoms with Gasteiger partial charge in [0.25, 0.3) is 0 Å². The third-order valence-corrected chi connectivity index (χ3v) is 4.80. The zero-order chi connectivity index (χ0) is 14.3. The first-order valence-corrected chi connectivity index (χ1v) is 7.87. The van der Waals surface area contributed by atoms with Gasteiger partial charge in [0.05, 0.1) is 16.5 Å². The molecule has 3 rings (SSSR count). The Bertz CT molecular complexity index is 707. The Kier molecular flexibility index (Phi) is 3.92. The van der Waals surface area contributed by atoms with E-state index in [1.165, 1.54) is 0 Å². The van der Waals surface area contributed by atoms with Crippen molar-refractivity contribution in [1.82, 2.24) is 0 Å². The number of aliphatic hydroxyl groups excluding tert-OH is 1. The van der Waals surface area contributed by atoms with E-state index in [-0.39, 0.29) is 11.5 Å². The van der Waals surface area contributed by atoms with Gasteiger partial charge in [0, 0.05) is 13.1 Å². The number of anilines is 1. The van der Waals surface area contributed by atoms with Gasteiger partial charge >= 0.3 is 0 Å². The third kappa shape index (κ3) is 2.42. The molecular formula is C14H13ClINO3. The first-order chi connectivity index (χ1) is 9.58. The fraction of sp³-hybridized carbons (Fsp3) is 0.357. The molecule has 0 spiro atoms. The summed E-state index contributed by atoms with van der Waals surface area (Å²) in [5, 5.41) is 10.5. The molecule has 4 nitrogen and oxygen atoms in total. The van der Waals surface area contributed by atoms with E-state index in [4.69, 9.17) is 16.0 Å². The molecule has 0 amide bonds. The smallest absolute Gasteiger partial charge is 0.213 e. The van der Waals surface area contributed by atoms with E-state index in [1.807, 2.05) is 27.5 Å². The maximum Gasteiger partial charge on any atom is 0.213 e. The number of benzene rings is 1. The zero-order valence-electron chi connectivity index (χ0n) is 10.6. The number of para-hydroxylation sites is 1. The molecule has 20 heavy (non-hydrogen) atoms. The largest absolute Gasteiger partial charge is 0.438 e. The second-order valence-corrected chi connectivity index (χ2v) is 6.37. The minimum atomic E-state index is -0.264. The lowest BCUT2D eigenvalue weighted by Gasteiger charge is -2.30. The molecule has 2 heterocycles. The van der Waals surface area contributed by atoms with Crippen LogP contribution in [0.3, 0.4) is 0 Å². The Morgan fingerprint density at radius 3 is 2.75 bits per heavy atom. The van der Waals surface area contributed by atoms with Crippen LogP contribution in [0.5, 0.6) is 0 Å². The molecule has 1 aromatic carbocycles. The maximum absolute atomic E-state index is 12.4. The molecule has 106 valence electrons. The van der Waals surface area contributed by atoms with Crippen molar-refractivity contribution in [2.45, 2.75) is 18.9 Å². The van der Waals surface area contributed by atoms with Crippen molar-refractivity contribution in [3.05, 3.63) is 37.0 Å². The summed E-state index contributed by atoms with van der Waals surface area (Å²) in [6.45, 7) is 1.35. The van der Waals surface area contributed by atoms with E-state index >= 15 is 0 Å². The lowest BCUT2D eigenvalue weighted by Crippen LogP contribution is -2.37. The number of nitrogens with zero attached hydrogens (tertiary/aromatic N) is 1.